The van der Waals surface area contributed by atoms with Crippen molar-refractivity contribution in [2.45, 2.75) is 0 Å². The lowest BCUT2D eigenvalue weighted by Gasteiger charge is -2.11. The minimum atomic E-state index is -0.322. The van der Waals surface area contributed by atoms with E-state index in [1.807, 2.05) is 22.6 Å². The first-order valence-corrected chi connectivity index (χ1v) is 7.73. The number of carbonyl (C=O) groups excluding carboxylic acids is 1. The number of carbonyl (C=O) groups is 1. The number of halogens is 4. The second kappa shape index (κ2) is 7.29. The van der Waals surface area contributed by atoms with Crippen molar-refractivity contribution in [2.75, 3.05) is 17.2 Å². The van der Waals surface area contributed by atoms with Gasteiger partial charge in [-0.2, -0.15) is 0 Å². The molecule has 0 aromatic heterocycles. The molecule has 2 rings (SSSR count). The van der Waals surface area contributed by atoms with Gasteiger partial charge in [-0.25, -0.2) is 4.39 Å². The zero-order valence-corrected chi connectivity index (χ0v) is 14.3. The molecule has 3 nitrogen and oxygen atoms in total. The maximum Gasteiger partial charge on any atom is 0.243 e. The van der Waals surface area contributed by atoms with Gasteiger partial charge >= 0.3 is 0 Å². The van der Waals surface area contributed by atoms with Crippen LogP contribution in [-0.2, 0) is 4.79 Å². The molecule has 0 atom stereocenters. The normalized spacial score (nSPS) is 10.3. The molecule has 0 aliphatic heterocycles. The van der Waals surface area contributed by atoms with Crippen LogP contribution < -0.4 is 10.6 Å². The molecule has 0 bridgehead atoms. The molecule has 0 aliphatic carbocycles. The summed E-state index contributed by atoms with van der Waals surface area (Å²) in [4.78, 5) is 11.9. The van der Waals surface area contributed by atoms with Gasteiger partial charge in [0, 0.05) is 9.26 Å². The van der Waals surface area contributed by atoms with Gasteiger partial charge in [-0.15, -0.1) is 0 Å². The lowest BCUT2D eigenvalue weighted by Crippen LogP contribution is -2.22. The Labute approximate surface area is 145 Å². The third-order valence-corrected chi connectivity index (χ3v) is 4.12. The molecule has 0 radical (unpaired) electrons. The summed E-state index contributed by atoms with van der Waals surface area (Å²) in [7, 11) is 0. The summed E-state index contributed by atoms with van der Waals surface area (Å²) in [5.41, 5.74) is 1.05. The van der Waals surface area contributed by atoms with E-state index >= 15 is 0 Å². The highest BCUT2D eigenvalue weighted by molar-refractivity contribution is 14.1. The Morgan fingerprint density at radius 3 is 2.48 bits per heavy atom. The summed E-state index contributed by atoms with van der Waals surface area (Å²) in [6, 6.07) is 9.25. The molecule has 0 spiro atoms. The van der Waals surface area contributed by atoms with Gasteiger partial charge in [-0.3, -0.25) is 4.79 Å². The summed E-state index contributed by atoms with van der Waals surface area (Å²) in [6.45, 7) is 0.0170. The molecule has 1 amide bonds. The molecule has 0 aliphatic rings. The molecule has 0 saturated heterocycles. The van der Waals surface area contributed by atoms with Crippen LogP contribution in [0, 0.1) is 9.39 Å². The first kappa shape index (κ1) is 16.3. The van der Waals surface area contributed by atoms with E-state index in [0.717, 1.165) is 0 Å². The molecule has 2 aromatic carbocycles. The number of benzene rings is 2. The molecule has 110 valence electrons. The van der Waals surface area contributed by atoms with Crippen molar-refractivity contribution < 1.29 is 9.18 Å². The van der Waals surface area contributed by atoms with Crippen LogP contribution in [0.15, 0.2) is 36.4 Å². The van der Waals surface area contributed by atoms with Crippen molar-refractivity contribution in [1.29, 1.82) is 0 Å². The average Bonchev–Trinajstić information content (AvgIpc) is 2.42. The van der Waals surface area contributed by atoms with E-state index in [1.165, 1.54) is 12.1 Å². The molecule has 2 aromatic rings. The number of hydrogen-bond donors (Lipinski definition) is 2. The smallest absolute Gasteiger partial charge is 0.243 e. The molecule has 0 saturated carbocycles. The Hall–Kier alpha value is -1.05. The Bertz CT molecular complexity index is 662. The van der Waals surface area contributed by atoms with E-state index in [0.29, 0.717) is 25.0 Å². The van der Waals surface area contributed by atoms with Crippen LogP contribution in [0.2, 0.25) is 10.0 Å². The standard InChI is InChI=1S/C14H10Cl2FIN2O/c15-9-2-1-3-10(16)14(9)20-13(21)7-19-12-5-4-8(17)6-11(12)18/h1-6,19H,7H2,(H,20,21). The maximum absolute atomic E-state index is 13.0. The van der Waals surface area contributed by atoms with Crippen LogP contribution in [-0.4, -0.2) is 12.5 Å². The Kier molecular flexibility index (Phi) is 5.66. The first-order valence-electron chi connectivity index (χ1n) is 5.90. The largest absolute Gasteiger partial charge is 0.375 e. The van der Waals surface area contributed by atoms with Crippen molar-refractivity contribution in [3.05, 3.63) is 55.8 Å². The van der Waals surface area contributed by atoms with E-state index in [9.17, 15) is 9.18 Å². The second-order valence-corrected chi connectivity index (χ2v) is 6.10. The quantitative estimate of drug-likeness (QED) is 0.674. The fraction of sp³-hybridized carbons (Fsp3) is 0.0714. The Morgan fingerprint density at radius 2 is 1.86 bits per heavy atom. The fourth-order valence-corrected chi connectivity index (χ4v) is 2.77. The maximum atomic E-state index is 13.0. The number of anilines is 2. The average molecular weight is 439 g/mol. The highest BCUT2D eigenvalue weighted by atomic mass is 127. The van der Waals surface area contributed by atoms with Crippen molar-refractivity contribution in [3.63, 3.8) is 0 Å². The SMILES string of the molecule is O=C(CNc1ccc(F)cc1I)Nc1c(Cl)cccc1Cl. The number of hydrogen-bond acceptors (Lipinski definition) is 2. The highest BCUT2D eigenvalue weighted by Gasteiger charge is 2.10. The Morgan fingerprint density at radius 1 is 1.19 bits per heavy atom. The van der Waals surface area contributed by atoms with Gasteiger partial charge in [0.2, 0.25) is 5.91 Å². The number of nitrogens with one attached hydrogen (secondary N) is 2. The van der Waals surface area contributed by atoms with Gasteiger partial charge in [-0.05, 0) is 52.9 Å². The number of para-hydroxylation sites is 1. The van der Waals surface area contributed by atoms with Gasteiger partial charge in [0.1, 0.15) is 5.82 Å². The molecular formula is C14H10Cl2FIN2O. The van der Waals surface area contributed by atoms with Crippen LogP contribution in [0.3, 0.4) is 0 Å². The Balaban J connectivity index is 1.99. The second-order valence-electron chi connectivity index (χ2n) is 4.12. The van der Waals surface area contributed by atoms with Gasteiger partial charge in [0.25, 0.3) is 0 Å². The van der Waals surface area contributed by atoms with E-state index in [1.54, 1.807) is 24.3 Å². The van der Waals surface area contributed by atoms with Crippen LogP contribution >= 0.6 is 45.8 Å². The van der Waals surface area contributed by atoms with Crippen molar-refractivity contribution in [1.82, 2.24) is 0 Å². The van der Waals surface area contributed by atoms with Crippen molar-refractivity contribution in [3.8, 4) is 0 Å². The van der Waals surface area contributed by atoms with E-state index in [2.05, 4.69) is 10.6 Å². The van der Waals surface area contributed by atoms with Crippen molar-refractivity contribution >= 4 is 63.1 Å². The van der Waals surface area contributed by atoms with Crippen LogP contribution in [0.1, 0.15) is 0 Å². The zero-order valence-electron chi connectivity index (χ0n) is 10.6. The summed E-state index contributed by atoms with van der Waals surface area (Å²) in [5.74, 6) is -0.623. The van der Waals surface area contributed by atoms with E-state index < -0.39 is 0 Å². The van der Waals surface area contributed by atoms with Gasteiger partial charge in [0.15, 0.2) is 0 Å². The third kappa shape index (κ3) is 4.46. The molecule has 21 heavy (non-hydrogen) atoms. The first-order chi connectivity index (χ1) is 9.97. The lowest BCUT2D eigenvalue weighted by atomic mass is 10.3. The molecule has 7 heteroatoms. The highest BCUT2D eigenvalue weighted by Crippen LogP contribution is 2.29. The molecule has 2 N–H and O–H groups in total. The number of amides is 1. The van der Waals surface area contributed by atoms with Gasteiger partial charge < -0.3 is 10.6 Å². The van der Waals surface area contributed by atoms with Crippen LogP contribution in [0.4, 0.5) is 15.8 Å². The predicted molar refractivity (Wildman–Crippen MR) is 92.7 cm³/mol. The van der Waals surface area contributed by atoms with E-state index in [-0.39, 0.29) is 18.3 Å². The minimum Gasteiger partial charge on any atom is -0.375 e. The zero-order chi connectivity index (χ0) is 15.4. The van der Waals surface area contributed by atoms with Crippen LogP contribution in [0.5, 0.6) is 0 Å². The minimum absolute atomic E-state index is 0.0170. The molecule has 0 unspecified atom stereocenters. The monoisotopic (exact) mass is 438 g/mol. The molecular weight excluding hydrogens is 429 g/mol. The molecule has 0 heterocycles. The predicted octanol–water partition coefficient (Wildman–Crippen LogP) is 4.79. The number of rotatable bonds is 4. The summed E-state index contributed by atoms with van der Waals surface area (Å²) < 4.78 is 13.7. The lowest BCUT2D eigenvalue weighted by molar-refractivity contribution is -0.114. The van der Waals surface area contributed by atoms with E-state index in [4.69, 9.17) is 23.2 Å². The summed E-state index contributed by atoms with van der Waals surface area (Å²) in [5, 5.41) is 6.30. The van der Waals surface area contributed by atoms with Crippen LogP contribution in [0.25, 0.3) is 0 Å². The summed E-state index contributed by atoms with van der Waals surface area (Å²) in [6.07, 6.45) is 0. The van der Waals surface area contributed by atoms with Crippen molar-refractivity contribution in [2.24, 2.45) is 0 Å². The third-order valence-electron chi connectivity index (χ3n) is 2.60. The summed E-state index contributed by atoms with van der Waals surface area (Å²) >= 11 is 13.9. The molecule has 0 fully saturated rings. The fourth-order valence-electron chi connectivity index (χ4n) is 1.61. The van der Waals surface area contributed by atoms with Gasteiger partial charge in [0.05, 0.1) is 22.3 Å². The topological polar surface area (TPSA) is 41.1 Å². The van der Waals surface area contributed by atoms with Gasteiger partial charge in [-0.1, -0.05) is 29.3 Å².